The van der Waals surface area contributed by atoms with Gasteiger partial charge >= 0.3 is 12.6 Å². The third-order valence-electron chi connectivity index (χ3n) is 4.60. The van der Waals surface area contributed by atoms with E-state index in [4.69, 9.17) is 0 Å². The van der Waals surface area contributed by atoms with E-state index in [1.165, 1.54) is 28.4 Å². The van der Waals surface area contributed by atoms with Crippen LogP contribution >= 0.6 is 0 Å². The molecule has 0 atom stereocenters. The largest absolute Gasteiger partial charge is 0.337 e. The lowest BCUT2D eigenvalue weighted by molar-refractivity contribution is 0.0651. The maximum Gasteiger partial charge on any atom is 0.319 e. The Morgan fingerprint density at radius 2 is 2.12 bits per heavy atom. The number of aromatic nitrogens is 2. The predicted octanol–water partition coefficient (Wildman–Crippen LogP) is 2.48. The molecule has 1 aromatic heterocycles. The van der Waals surface area contributed by atoms with Crippen molar-refractivity contribution in [2.24, 2.45) is 0 Å². The molecule has 0 spiro atoms. The molecule has 1 aromatic carbocycles. The fraction of sp³-hybridized carbons (Fsp3) is 0.444. The molecule has 0 aliphatic carbocycles. The van der Waals surface area contributed by atoms with Crippen LogP contribution in [0.4, 0.5) is 13.6 Å². The minimum atomic E-state index is -2.66. The molecule has 0 unspecified atom stereocenters. The molecule has 3 rings (SSSR count). The van der Waals surface area contributed by atoms with E-state index in [2.05, 4.69) is 33.4 Å². The number of nitrogens with one attached hydrogen (secondary N) is 1. The Hall–Kier alpha value is -2.48. The third-order valence-corrected chi connectivity index (χ3v) is 4.60. The number of halogens is 2. The fourth-order valence-electron chi connectivity index (χ4n) is 3.13. The summed E-state index contributed by atoms with van der Waals surface area (Å²) >= 11 is 0. The number of urea groups is 1. The van der Waals surface area contributed by atoms with Crippen molar-refractivity contribution in [1.29, 1.82) is 0 Å². The van der Waals surface area contributed by atoms with Gasteiger partial charge in [0.2, 0.25) is 0 Å². The first kappa shape index (κ1) is 18.3. The van der Waals surface area contributed by atoms with Gasteiger partial charge in [-0.2, -0.15) is 8.78 Å². The summed E-state index contributed by atoms with van der Waals surface area (Å²) < 4.78 is 26.4. The van der Waals surface area contributed by atoms with Gasteiger partial charge in [-0.15, -0.1) is 0 Å². The van der Waals surface area contributed by atoms with Gasteiger partial charge in [-0.25, -0.2) is 9.78 Å². The lowest BCUT2D eigenvalue weighted by Gasteiger charge is -2.29. The van der Waals surface area contributed by atoms with E-state index in [1.54, 1.807) is 7.05 Å². The van der Waals surface area contributed by atoms with E-state index in [-0.39, 0.29) is 18.4 Å². The Morgan fingerprint density at radius 3 is 2.88 bits per heavy atom. The van der Waals surface area contributed by atoms with Crippen molar-refractivity contribution < 1.29 is 13.6 Å². The second-order valence-electron chi connectivity index (χ2n) is 6.41. The van der Waals surface area contributed by atoms with Crippen molar-refractivity contribution in [2.75, 3.05) is 26.7 Å². The average molecular weight is 363 g/mol. The molecule has 0 saturated heterocycles. The molecular weight excluding hydrogens is 340 g/mol. The van der Waals surface area contributed by atoms with Gasteiger partial charge in [0.1, 0.15) is 5.82 Å². The normalized spacial score (nSPS) is 14.3. The highest BCUT2D eigenvalue weighted by atomic mass is 19.3. The maximum absolute atomic E-state index is 12.8. The molecule has 140 valence electrons. The van der Waals surface area contributed by atoms with Crippen molar-refractivity contribution in [2.45, 2.75) is 26.1 Å². The second kappa shape index (κ2) is 8.27. The molecule has 0 bridgehead atoms. The Balaban J connectivity index is 1.43. The van der Waals surface area contributed by atoms with E-state index >= 15 is 0 Å². The predicted molar refractivity (Wildman–Crippen MR) is 93.8 cm³/mol. The van der Waals surface area contributed by atoms with Crippen molar-refractivity contribution >= 4 is 6.03 Å². The van der Waals surface area contributed by atoms with E-state index in [1.807, 2.05) is 6.07 Å². The summed E-state index contributed by atoms with van der Waals surface area (Å²) in [6.45, 7) is 0.474. The lowest BCUT2D eigenvalue weighted by atomic mass is 10.00. The van der Waals surface area contributed by atoms with Crippen molar-refractivity contribution in [3.63, 3.8) is 0 Å². The lowest BCUT2D eigenvalue weighted by Crippen LogP contribution is -2.42. The Kier molecular flexibility index (Phi) is 5.82. The van der Waals surface area contributed by atoms with Gasteiger partial charge in [-0.05, 0) is 17.5 Å². The molecule has 6 nitrogen and oxygen atoms in total. The zero-order valence-electron chi connectivity index (χ0n) is 14.7. The molecule has 0 fully saturated rings. The number of carbonyl (C=O) groups is 1. The number of hydrogen-bond donors (Lipinski definition) is 1. The van der Waals surface area contributed by atoms with Crippen LogP contribution in [0.2, 0.25) is 0 Å². The summed E-state index contributed by atoms with van der Waals surface area (Å²) in [7, 11) is 1.57. The monoisotopic (exact) mass is 363 g/mol. The molecule has 2 amide bonds. The van der Waals surface area contributed by atoms with Gasteiger partial charge in [0, 0.05) is 45.6 Å². The quantitative estimate of drug-likeness (QED) is 0.858. The summed E-state index contributed by atoms with van der Waals surface area (Å²) in [5.41, 5.74) is 2.73. The van der Waals surface area contributed by atoms with Crippen LogP contribution in [0.15, 0.2) is 36.7 Å². The summed E-state index contributed by atoms with van der Waals surface area (Å²) in [6, 6.07) is 8.10. The number of rotatable bonds is 6. The Morgan fingerprint density at radius 1 is 1.35 bits per heavy atom. The molecule has 2 heterocycles. The van der Waals surface area contributed by atoms with Crippen molar-refractivity contribution in [1.82, 2.24) is 24.7 Å². The fourth-order valence-corrected chi connectivity index (χ4v) is 3.13. The van der Waals surface area contributed by atoms with Crippen LogP contribution in [0.25, 0.3) is 0 Å². The summed E-state index contributed by atoms with van der Waals surface area (Å²) in [6.07, 6.45) is 3.53. The maximum atomic E-state index is 12.8. The zero-order valence-corrected chi connectivity index (χ0v) is 14.7. The first-order valence-corrected chi connectivity index (χ1v) is 8.62. The highest BCUT2D eigenvalue weighted by molar-refractivity contribution is 5.73. The van der Waals surface area contributed by atoms with Gasteiger partial charge < -0.3 is 10.2 Å². The molecule has 0 radical (unpaired) electrons. The van der Waals surface area contributed by atoms with Crippen LogP contribution in [0.5, 0.6) is 0 Å². The SMILES string of the molecule is CN(Cc1nccn1C(F)F)C(=O)NCCN1CCc2ccccc2C1. The molecular formula is C18H23F2N5O. The average Bonchev–Trinajstić information content (AvgIpc) is 3.10. The molecule has 1 aliphatic heterocycles. The number of amides is 2. The van der Waals surface area contributed by atoms with Gasteiger partial charge in [-0.3, -0.25) is 9.47 Å². The Bertz CT molecular complexity index is 749. The van der Waals surface area contributed by atoms with Crippen molar-refractivity contribution in [3.8, 4) is 0 Å². The minimum Gasteiger partial charge on any atom is -0.337 e. The number of alkyl halides is 2. The minimum absolute atomic E-state index is 0.0280. The van der Waals surface area contributed by atoms with Gasteiger partial charge in [0.05, 0.1) is 6.54 Å². The molecule has 8 heteroatoms. The van der Waals surface area contributed by atoms with Gasteiger partial charge in [-0.1, -0.05) is 24.3 Å². The molecule has 2 aromatic rings. The number of hydrogen-bond acceptors (Lipinski definition) is 3. The highest BCUT2D eigenvalue weighted by Gasteiger charge is 2.18. The summed E-state index contributed by atoms with van der Waals surface area (Å²) in [5.74, 6) is 0.158. The number of imidazole rings is 1. The van der Waals surface area contributed by atoms with Crippen LogP contribution in [0, 0.1) is 0 Å². The number of fused-ring (bicyclic) bond motifs is 1. The first-order valence-electron chi connectivity index (χ1n) is 8.62. The van der Waals surface area contributed by atoms with E-state index in [0.29, 0.717) is 6.54 Å². The van der Waals surface area contributed by atoms with E-state index < -0.39 is 6.55 Å². The standard InChI is InChI=1S/C18H23F2N5O/c1-23(13-16-21-8-11-25(16)17(19)20)18(26)22-7-10-24-9-6-14-4-2-3-5-15(14)12-24/h2-5,8,11,17H,6-7,9-10,12-13H2,1H3,(H,22,26). The summed E-state index contributed by atoms with van der Waals surface area (Å²) in [5, 5.41) is 2.84. The van der Waals surface area contributed by atoms with Gasteiger partial charge in [0.25, 0.3) is 0 Å². The molecule has 0 saturated carbocycles. The zero-order chi connectivity index (χ0) is 18.5. The number of carbonyl (C=O) groups excluding carboxylic acids is 1. The first-order chi connectivity index (χ1) is 12.5. The van der Waals surface area contributed by atoms with E-state index in [0.717, 1.165) is 30.6 Å². The van der Waals surface area contributed by atoms with Crippen molar-refractivity contribution in [3.05, 3.63) is 53.6 Å². The van der Waals surface area contributed by atoms with Crippen LogP contribution in [-0.4, -0.2) is 52.1 Å². The van der Waals surface area contributed by atoms with Crippen LogP contribution in [-0.2, 0) is 19.5 Å². The topological polar surface area (TPSA) is 53.4 Å². The van der Waals surface area contributed by atoms with Crippen LogP contribution < -0.4 is 5.32 Å². The smallest absolute Gasteiger partial charge is 0.319 e. The second-order valence-corrected chi connectivity index (χ2v) is 6.41. The number of nitrogens with zero attached hydrogens (tertiary/aromatic N) is 4. The highest BCUT2D eigenvalue weighted by Crippen LogP contribution is 2.18. The molecule has 1 aliphatic rings. The van der Waals surface area contributed by atoms with Gasteiger partial charge in [0.15, 0.2) is 0 Å². The molecule has 1 N–H and O–H groups in total. The van der Waals surface area contributed by atoms with Crippen LogP contribution in [0.3, 0.4) is 0 Å². The van der Waals surface area contributed by atoms with E-state index in [9.17, 15) is 13.6 Å². The summed E-state index contributed by atoms with van der Waals surface area (Å²) in [4.78, 5) is 19.7. The van der Waals surface area contributed by atoms with Crippen LogP contribution in [0.1, 0.15) is 23.5 Å². The number of benzene rings is 1. The molecule has 26 heavy (non-hydrogen) atoms. The third kappa shape index (κ3) is 4.37. The Labute approximate surface area is 151 Å².